The third-order valence-electron chi connectivity index (χ3n) is 2.91. The molecule has 0 atom stereocenters. The van der Waals surface area contributed by atoms with Crippen molar-refractivity contribution >= 4 is 24.5 Å². The highest BCUT2D eigenvalue weighted by Crippen LogP contribution is 2.34. The minimum absolute atomic E-state index is 0.249. The van der Waals surface area contributed by atoms with Crippen LogP contribution in [0.2, 0.25) is 0 Å². The largest absolute Gasteiger partial charge is 0.481 e. The Bertz CT molecular complexity index is 471. The molecule has 19 heavy (non-hydrogen) atoms. The summed E-state index contributed by atoms with van der Waals surface area (Å²) in [7, 11) is -0.445. The third kappa shape index (κ3) is 4.18. The molecule has 2 aromatic rings. The van der Waals surface area contributed by atoms with Gasteiger partial charge in [0.2, 0.25) is 0 Å². The lowest BCUT2D eigenvalue weighted by Crippen LogP contribution is -2.14. The molecule has 2 aromatic carbocycles. The zero-order chi connectivity index (χ0) is 13.5. The predicted octanol–water partition coefficient (Wildman–Crippen LogP) is 2.98. The second kappa shape index (κ2) is 7.06. The molecule has 98 valence electrons. The summed E-state index contributed by atoms with van der Waals surface area (Å²) in [5.74, 6) is -0.712. The van der Waals surface area contributed by atoms with Crippen LogP contribution >= 0.6 is 7.92 Å². The maximum Gasteiger partial charge on any atom is 0.303 e. The molecule has 0 radical (unpaired) electrons. The number of carboxylic acids is 1. The standard InChI is InChI=1S/C16H17O2P/c17-16(18)12-7-13-19(14-8-3-1-4-9-14)15-10-5-2-6-11-15/h1-6,8-11H,7,12-13H2,(H,17,18). The maximum atomic E-state index is 10.7. The molecule has 0 spiro atoms. The van der Waals surface area contributed by atoms with E-state index in [0.717, 1.165) is 12.6 Å². The molecule has 0 aromatic heterocycles. The molecule has 0 aliphatic heterocycles. The van der Waals surface area contributed by atoms with E-state index in [1.807, 2.05) is 36.4 Å². The van der Waals surface area contributed by atoms with Crippen molar-refractivity contribution in [2.45, 2.75) is 12.8 Å². The van der Waals surface area contributed by atoms with E-state index in [9.17, 15) is 4.79 Å². The Morgan fingerprint density at radius 2 is 1.37 bits per heavy atom. The lowest BCUT2D eigenvalue weighted by molar-refractivity contribution is -0.137. The lowest BCUT2D eigenvalue weighted by Gasteiger charge is -2.18. The average Bonchev–Trinajstić information content (AvgIpc) is 2.45. The van der Waals surface area contributed by atoms with Gasteiger partial charge >= 0.3 is 5.97 Å². The van der Waals surface area contributed by atoms with Crippen LogP contribution in [-0.2, 0) is 4.79 Å². The van der Waals surface area contributed by atoms with Crippen LogP contribution in [0.15, 0.2) is 60.7 Å². The maximum absolute atomic E-state index is 10.7. The number of carbonyl (C=O) groups is 1. The molecule has 0 amide bonds. The van der Waals surface area contributed by atoms with Gasteiger partial charge in [-0.1, -0.05) is 60.7 Å². The van der Waals surface area contributed by atoms with Crippen molar-refractivity contribution in [1.82, 2.24) is 0 Å². The van der Waals surface area contributed by atoms with Crippen LogP contribution in [0.5, 0.6) is 0 Å². The highest BCUT2D eigenvalue weighted by molar-refractivity contribution is 7.73. The molecule has 0 heterocycles. The molecule has 2 rings (SSSR count). The third-order valence-corrected chi connectivity index (χ3v) is 5.51. The molecular weight excluding hydrogens is 255 g/mol. The number of hydrogen-bond acceptors (Lipinski definition) is 1. The van der Waals surface area contributed by atoms with Crippen molar-refractivity contribution in [1.29, 1.82) is 0 Å². The first-order valence-electron chi connectivity index (χ1n) is 6.37. The summed E-state index contributed by atoms with van der Waals surface area (Å²) in [6, 6.07) is 20.8. The topological polar surface area (TPSA) is 37.3 Å². The Morgan fingerprint density at radius 3 is 1.79 bits per heavy atom. The Balaban J connectivity index is 2.17. The van der Waals surface area contributed by atoms with Crippen molar-refractivity contribution in [3.05, 3.63) is 60.7 Å². The summed E-state index contributed by atoms with van der Waals surface area (Å²) in [5, 5.41) is 11.4. The molecule has 2 nitrogen and oxygen atoms in total. The summed E-state index contributed by atoms with van der Waals surface area (Å²) < 4.78 is 0. The van der Waals surface area contributed by atoms with Crippen molar-refractivity contribution in [3.63, 3.8) is 0 Å². The van der Waals surface area contributed by atoms with E-state index in [-0.39, 0.29) is 6.42 Å². The number of aliphatic carboxylic acids is 1. The van der Waals surface area contributed by atoms with E-state index in [4.69, 9.17) is 5.11 Å². The molecule has 0 saturated carbocycles. The first-order valence-corrected chi connectivity index (χ1v) is 7.89. The first-order chi connectivity index (χ1) is 9.27. The van der Waals surface area contributed by atoms with E-state index in [1.54, 1.807) is 0 Å². The number of carboxylic acid groups (broad SMARTS) is 1. The van der Waals surface area contributed by atoms with Gasteiger partial charge in [0.15, 0.2) is 0 Å². The van der Waals surface area contributed by atoms with Crippen LogP contribution in [-0.4, -0.2) is 17.2 Å². The van der Waals surface area contributed by atoms with Crippen LogP contribution in [0.1, 0.15) is 12.8 Å². The molecule has 3 heteroatoms. The van der Waals surface area contributed by atoms with Crippen LogP contribution < -0.4 is 10.6 Å². The van der Waals surface area contributed by atoms with Crippen molar-refractivity contribution < 1.29 is 9.90 Å². The summed E-state index contributed by atoms with van der Waals surface area (Å²) in [6.07, 6.45) is 1.90. The van der Waals surface area contributed by atoms with Gasteiger partial charge in [0.25, 0.3) is 0 Å². The monoisotopic (exact) mass is 272 g/mol. The Morgan fingerprint density at radius 1 is 0.895 bits per heavy atom. The number of benzene rings is 2. The molecule has 0 aliphatic rings. The van der Waals surface area contributed by atoms with Crippen LogP contribution in [0.25, 0.3) is 0 Å². The van der Waals surface area contributed by atoms with Crippen LogP contribution in [0, 0.1) is 0 Å². The predicted molar refractivity (Wildman–Crippen MR) is 80.8 cm³/mol. The summed E-state index contributed by atoms with van der Waals surface area (Å²) in [6.45, 7) is 0. The van der Waals surface area contributed by atoms with E-state index in [1.165, 1.54) is 10.6 Å². The fourth-order valence-electron chi connectivity index (χ4n) is 2.01. The summed E-state index contributed by atoms with van der Waals surface area (Å²) in [4.78, 5) is 10.7. The average molecular weight is 272 g/mol. The Kier molecular flexibility index (Phi) is 5.11. The minimum atomic E-state index is -0.712. The van der Waals surface area contributed by atoms with Gasteiger partial charge in [-0.15, -0.1) is 0 Å². The van der Waals surface area contributed by atoms with E-state index in [0.29, 0.717) is 0 Å². The van der Waals surface area contributed by atoms with Gasteiger partial charge in [0, 0.05) is 6.42 Å². The second-order valence-electron chi connectivity index (χ2n) is 4.32. The van der Waals surface area contributed by atoms with Gasteiger partial charge in [-0.25, -0.2) is 0 Å². The van der Waals surface area contributed by atoms with Crippen molar-refractivity contribution in [2.24, 2.45) is 0 Å². The van der Waals surface area contributed by atoms with E-state index in [2.05, 4.69) is 24.3 Å². The van der Waals surface area contributed by atoms with Gasteiger partial charge in [0.1, 0.15) is 0 Å². The fourth-order valence-corrected chi connectivity index (χ4v) is 4.36. The highest BCUT2D eigenvalue weighted by Gasteiger charge is 2.13. The van der Waals surface area contributed by atoms with Gasteiger partial charge < -0.3 is 5.11 Å². The molecular formula is C16H17O2P. The fraction of sp³-hybridized carbons (Fsp3) is 0.188. The van der Waals surface area contributed by atoms with Crippen molar-refractivity contribution in [2.75, 3.05) is 6.16 Å². The normalized spacial score (nSPS) is 10.6. The van der Waals surface area contributed by atoms with Gasteiger partial charge in [-0.2, -0.15) is 0 Å². The number of hydrogen-bond donors (Lipinski definition) is 1. The molecule has 0 unspecified atom stereocenters. The molecule has 0 saturated heterocycles. The van der Waals surface area contributed by atoms with Crippen LogP contribution in [0.3, 0.4) is 0 Å². The first kappa shape index (κ1) is 13.8. The van der Waals surface area contributed by atoms with Crippen molar-refractivity contribution in [3.8, 4) is 0 Å². The summed E-state index contributed by atoms with van der Waals surface area (Å²) >= 11 is 0. The molecule has 1 N–H and O–H groups in total. The molecule has 0 bridgehead atoms. The second-order valence-corrected chi connectivity index (χ2v) is 6.66. The van der Waals surface area contributed by atoms with Gasteiger partial charge in [-0.3, -0.25) is 4.79 Å². The van der Waals surface area contributed by atoms with Crippen LogP contribution in [0.4, 0.5) is 0 Å². The Labute approximate surface area is 114 Å². The lowest BCUT2D eigenvalue weighted by atomic mass is 10.3. The van der Waals surface area contributed by atoms with E-state index < -0.39 is 13.9 Å². The SMILES string of the molecule is O=C(O)CCCP(c1ccccc1)c1ccccc1. The molecule has 0 fully saturated rings. The van der Waals surface area contributed by atoms with Gasteiger partial charge in [0.05, 0.1) is 0 Å². The zero-order valence-corrected chi connectivity index (χ0v) is 11.6. The van der Waals surface area contributed by atoms with E-state index >= 15 is 0 Å². The zero-order valence-electron chi connectivity index (χ0n) is 10.7. The summed E-state index contributed by atoms with van der Waals surface area (Å²) in [5.41, 5.74) is 0. The smallest absolute Gasteiger partial charge is 0.303 e. The number of rotatable bonds is 6. The minimum Gasteiger partial charge on any atom is -0.481 e. The molecule has 0 aliphatic carbocycles. The highest BCUT2D eigenvalue weighted by atomic mass is 31.1. The quantitative estimate of drug-likeness (QED) is 0.821. The Hall–Kier alpha value is -1.66. The van der Waals surface area contributed by atoms with Gasteiger partial charge in [-0.05, 0) is 31.1 Å².